The first-order valence-corrected chi connectivity index (χ1v) is 5.92. The van der Waals surface area contributed by atoms with Crippen LogP contribution in [0, 0.1) is 12.3 Å². The normalized spacial score (nSPS) is 31.4. The minimum atomic E-state index is -3.05. The molecule has 0 aliphatic carbocycles. The number of nitrogens with one attached hydrogen (secondary N) is 1. The van der Waals surface area contributed by atoms with Gasteiger partial charge < -0.3 is 10.4 Å². The number of aliphatic hydroxyl groups excluding tert-OH is 1. The van der Waals surface area contributed by atoms with Gasteiger partial charge in [-0.05, 0) is 0 Å². The molecule has 2 atom stereocenters. The highest BCUT2D eigenvalue weighted by Crippen LogP contribution is 2.11. The summed E-state index contributed by atoms with van der Waals surface area (Å²) in [7, 11) is -3.05. The standard InChI is InChI=1S/C8H13NO3S/c1-2-3-4-9-7-5-13(11,12)6-8(7)10/h1,7-10H,3-6H2. The molecule has 1 rings (SSSR count). The van der Waals surface area contributed by atoms with Crippen LogP contribution in [0.2, 0.25) is 0 Å². The maximum Gasteiger partial charge on any atom is 0.154 e. The topological polar surface area (TPSA) is 66.4 Å². The van der Waals surface area contributed by atoms with Gasteiger partial charge in [-0.25, -0.2) is 8.42 Å². The lowest BCUT2D eigenvalue weighted by molar-refractivity contribution is 0.166. The molecule has 0 saturated carbocycles. The Hall–Kier alpha value is -0.570. The van der Waals surface area contributed by atoms with E-state index < -0.39 is 15.9 Å². The third-order valence-electron chi connectivity index (χ3n) is 2.00. The van der Waals surface area contributed by atoms with Crippen molar-refractivity contribution in [3.05, 3.63) is 0 Å². The van der Waals surface area contributed by atoms with Crippen molar-refractivity contribution >= 4 is 9.84 Å². The van der Waals surface area contributed by atoms with Crippen LogP contribution in [0.4, 0.5) is 0 Å². The molecule has 13 heavy (non-hydrogen) atoms. The molecule has 0 bridgehead atoms. The number of terminal acetylenes is 1. The second-order valence-electron chi connectivity index (χ2n) is 3.16. The van der Waals surface area contributed by atoms with E-state index in [0.29, 0.717) is 13.0 Å². The van der Waals surface area contributed by atoms with Crippen LogP contribution in [0.1, 0.15) is 6.42 Å². The van der Waals surface area contributed by atoms with Crippen LogP contribution >= 0.6 is 0 Å². The van der Waals surface area contributed by atoms with Crippen LogP contribution in [0.25, 0.3) is 0 Å². The summed E-state index contributed by atoms with van der Waals surface area (Å²) in [6.45, 7) is 0.549. The van der Waals surface area contributed by atoms with Gasteiger partial charge >= 0.3 is 0 Å². The average molecular weight is 203 g/mol. The Kier molecular flexibility index (Phi) is 3.31. The maximum absolute atomic E-state index is 11.0. The zero-order valence-electron chi connectivity index (χ0n) is 7.23. The molecule has 1 saturated heterocycles. The van der Waals surface area contributed by atoms with E-state index in [1.165, 1.54) is 0 Å². The van der Waals surface area contributed by atoms with E-state index in [9.17, 15) is 13.5 Å². The van der Waals surface area contributed by atoms with Gasteiger partial charge in [-0.2, -0.15) is 0 Å². The monoisotopic (exact) mass is 203 g/mol. The zero-order valence-corrected chi connectivity index (χ0v) is 8.05. The smallest absolute Gasteiger partial charge is 0.154 e. The quantitative estimate of drug-likeness (QED) is 0.444. The number of hydrogen-bond donors (Lipinski definition) is 2. The van der Waals surface area contributed by atoms with E-state index in [1.54, 1.807) is 0 Å². The minimum Gasteiger partial charge on any atom is -0.390 e. The van der Waals surface area contributed by atoms with E-state index in [1.807, 2.05) is 0 Å². The number of aliphatic hydroxyl groups is 1. The molecule has 1 aliphatic rings. The number of hydrogen-bond acceptors (Lipinski definition) is 4. The first-order valence-electron chi connectivity index (χ1n) is 4.10. The molecule has 0 radical (unpaired) electrons. The van der Waals surface area contributed by atoms with Crippen molar-refractivity contribution in [2.75, 3.05) is 18.1 Å². The molecule has 0 aromatic carbocycles. The van der Waals surface area contributed by atoms with Gasteiger partial charge in [0.25, 0.3) is 0 Å². The third kappa shape index (κ3) is 2.99. The predicted octanol–water partition coefficient (Wildman–Crippen LogP) is -1.24. The van der Waals surface area contributed by atoms with Gasteiger partial charge in [0.15, 0.2) is 9.84 Å². The molecule has 0 aromatic heterocycles. The Morgan fingerprint density at radius 3 is 2.69 bits per heavy atom. The summed E-state index contributed by atoms with van der Waals surface area (Å²) in [5.41, 5.74) is 0. The van der Waals surface area contributed by atoms with Crippen molar-refractivity contribution in [1.29, 1.82) is 0 Å². The maximum atomic E-state index is 11.0. The molecule has 74 valence electrons. The number of rotatable bonds is 3. The van der Waals surface area contributed by atoms with Gasteiger partial charge in [0, 0.05) is 19.0 Å². The minimum absolute atomic E-state index is 0.0126. The molecule has 2 N–H and O–H groups in total. The Labute approximate surface area is 78.3 Å². The van der Waals surface area contributed by atoms with Crippen LogP contribution in [0.5, 0.6) is 0 Å². The van der Waals surface area contributed by atoms with Gasteiger partial charge in [0.2, 0.25) is 0 Å². The lowest BCUT2D eigenvalue weighted by Crippen LogP contribution is -2.39. The Balaban J connectivity index is 2.41. The Bertz CT molecular complexity index is 304. The molecule has 0 spiro atoms. The van der Waals surface area contributed by atoms with Gasteiger partial charge in [-0.15, -0.1) is 12.3 Å². The van der Waals surface area contributed by atoms with Gasteiger partial charge in [-0.3, -0.25) is 0 Å². The summed E-state index contributed by atoms with van der Waals surface area (Å²) < 4.78 is 22.1. The summed E-state index contributed by atoms with van der Waals surface area (Å²) in [4.78, 5) is 0. The molecule has 0 aromatic rings. The van der Waals surface area contributed by atoms with E-state index in [4.69, 9.17) is 6.42 Å². The fourth-order valence-electron chi connectivity index (χ4n) is 1.35. The summed E-state index contributed by atoms with van der Waals surface area (Å²) in [6.07, 6.45) is 4.79. The van der Waals surface area contributed by atoms with Crippen molar-refractivity contribution in [2.24, 2.45) is 0 Å². The number of sulfone groups is 1. The fourth-order valence-corrected chi connectivity index (χ4v) is 3.13. The van der Waals surface area contributed by atoms with Crippen molar-refractivity contribution < 1.29 is 13.5 Å². The molecule has 1 heterocycles. The van der Waals surface area contributed by atoms with Crippen molar-refractivity contribution in [1.82, 2.24) is 5.32 Å². The van der Waals surface area contributed by atoms with Crippen LogP contribution in [-0.4, -0.2) is 43.7 Å². The second-order valence-corrected chi connectivity index (χ2v) is 5.31. The summed E-state index contributed by atoms with van der Waals surface area (Å²) >= 11 is 0. The lowest BCUT2D eigenvalue weighted by atomic mass is 10.2. The highest BCUT2D eigenvalue weighted by molar-refractivity contribution is 7.91. The predicted molar refractivity (Wildman–Crippen MR) is 49.9 cm³/mol. The van der Waals surface area contributed by atoms with Crippen LogP contribution in [-0.2, 0) is 9.84 Å². The first-order chi connectivity index (χ1) is 6.05. The van der Waals surface area contributed by atoms with E-state index in [-0.39, 0.29) is 17.5 Å². The van der Waals surface area contributed by atoms with Gasteiger partial charge in [0.05, 0.1) is 17.6 Å². The molecule has 5 heteroatoms. The fraction of sp³-hybridized carbons (Fsp3) is 0.750. The van der Waals surface area contributed by atoms with E-state index in [2.05, 4.69) is 11.2 Å². The largest absolute Gasteiger partial charge is 0.390 e. The highest BCUT2D eigenvalue weighted by atomic mass is 32.2. The van der Waals surface area contributed by atoms with E-state index >= 15 is 0 Å². The SMILES string of the molecule is C#CCCNC1CS(=O)(=O)CC1O. The van der Waals surface area contributed by atoms with Crippen molar-refractivity contribution in [3.8, 4) is 12.3 Å². The molecular weight excluding hydrogens is 190 g/mol. The third-order valence-corrected chi connectivity index (χ3v) is 3.71. The highest BCUT2D eigenvalue weighted by Gasteiger charge is 2.35. The summed E-state index contributed by atoms with van der Waals surface area (Å²) in [5.74, 6) is 2.31. The Morgan fingerprint density at radius 1 is 1.54 bits per heavy atom. The average Bonchev–Trinajstić information content (AvgIpc) is 2.25. The van der Waals surface area contributed by atoms with E-state index in [0.717, 1.165) is 0 Å². The molecular formula is C8H13NO3S. The zero-order chi connectivity index (χ0) is 9.90. The van der Waals surface area contributed by atoms with Gasteiger partial charge in [-0.1, -0.05) is 0 Å². The molecule has 1 aliphatic heterocycles. The summed E-state index contributed by atoms with van der Waals surface area (Å²) in [6, 6.07) is -0.349. The first kappa shape index (κ1) is 10.5. The van der Waals surface area contributed by atoms with Crippen molar-refractivity contribution in [3.63, 3.8) is 0 Å². The molecule has 2 unspecified atom stereocenters. The van der Waals surface area contributed by atoms with Crippen molar-refractivity contribution in [2.45, 2.75) is 18.6 Å². The lowest BCUT2D eigenvalue weighted by Gasteiger charge is -2.13. The molecule has 0 amide bonds. The van der Waals surface area contributed by atoms with Crippen LogP contribution < -0.4 is 5.32 Å². The molecule has 1 fully saturated rings. The summed E-state index contributed by atoms with van der Waals surface area (Å²) in [5, 5.41) is 12.2. The Morgan fingerprint density at radius 2 is 2.23 bits per heavy atom. The van der Waals surface area contributed by atoms with Crippen LogP contribution in [0.3, 0.4) is 0 Å². The van der Waals surface area contributed by atoms with Gasteiger partial charge in [0.1, 0.15) is 0 Å². The second kappa shape index (κ2) is 4.09. The van der Waals surface area contributed by atoms with Crippen LogP contribution in [0.15, 0.2) is 0 Å². The molecule has 4 nitrogen and oxygen atoms in total.